The molecule has 0 atom stereocenters. The number of anilines is 1. The second-order valence-electron chi connectivity index (χ2n) is 4.60. The van der Waals surface area contributed by atoms with Gasteiger partial charge in [0.15, 0.2) is 5.82 Å². The van der Waals surface area contributed by atoms with Crippen LogP contribution in [0.25, 0.3) is 0 Å². The summed E-state index contributed by atoms with van der Waals surface area (Å²) in [6, 6.07) is 0. The quantitative estimate of drug-likeness (QED) is 0.800. The minimum absolute atomic E-state index is 0.0715. The summed E-state index contributed by atoms with van der Waals surface area (Å²) >= 11 is 0. The molecular formula is C11H18N4O2S. The molecule has 0 radical (unpaired) electrons. The Morgan fingerprint density at radius 3 is 2.56 bits per heavy atom. The normalized spacial score (nSPS) is 17.8. The van der Waals surface area contributed by atoms with Gasteiger partial charge in [0.25, 0.3) is 0 Å². The monoisotopic (exact) mass is 270 g/mol. The number of nitrogens with two attached hydrogens (primary N) is 1. The van der Waals surface area contributed by atoms with Crippen molar-refractivity contribution in [3.05, 3.63) is 17.3 Å². The molecule has 7 heteroatoms. The van der Waals surface area contributed by atoms with Crippen molar-refractivity contribution in [2.24, 2.45) is 7.05 Å². The Morgan fingerprint density at radius 1 is 1.39 bits per heavy atom. The van der Waals surface area contributed by atoms with E-state index in [2.05, 4.69) is 11.2 Å². The summed E-state index contributed by atoms with van der Waals surface area (Å²) in [6.45, 7) is 4.56. The molecule has 6 nitrogen and oxygen atoms in total. The standard InChI is InChI=1S/C11H18N4O2S/c1-8-5-4-6-15(7-8)18(16,17)10-9(2)14(3)13-11(10)12/h5H,4,6-7H2,1-3H3,(H2,12,13). The van der Waals surface area contributed by atoms with E-state index < -0.39 is 10.0 Å². The average Bonchev–Trinajstić information content (AvgIpc) is 2.53. The van der Waals surface area contributed by atoms with E-state index in [-0.39, 0.29) is 10.7 Å². The maximum Gasteiger partial charge on any atom is 0.248 e. The molecule has 2 heterocycles. The zero-order valence-electron chi connectivity index (χ0n) is 10.8. The Labute approximate surface area is 107 Å². The first kappa shape index (κ1) is 13.1. The number of nitrogen functional groups attached to an aromatic ring is 1. The van der Waals surface area contributed by atoms with E-state index in [0.29, 0.717) is 18.8 Å². The molecule has 1 aromatic heterocycles. The fourth-order valence-electron chi connectivity index (χ4n) is 2.14. The van der Waals surface area contributed by atoms with Gasteiger partial charge in [-0.15, -0.1) is 0 Å². The lowest BCUT2D eigenvalue weighted by molar-refractivity contribution is 0.427. The zero-order valence-corrected chi connectivity index (χ0v) is 11.7. The summed E-state index contributed by atoms with van der Waals surface area (Å²) in [5.74, 6) is 0.0715. The van der Waals surface area contributed by atoms with Crippen LogP contribution in [0.15, 0.2) is 16.5 Å². The third-order valence-corrected chi connectivity index (χ3v) is 5.21. The van der Waals surface area contributed by atoms with E-state index in [1.807, 2.05) is 6.92 Å². The predicted octanol–water partition coefficient (Wildman–Crippen LogP) is 0.651. The number of aryl methyl sites for hydroxylation is 1. The van der Waals surface area contributed by atoms with Gasteiger partial charge in [-0.05, 0) is 20.3 Å². The molecule has 1 aromatic rings. The summed E-state index contributed by atoms with van der Waals surface area (Å²) < 4.78 is 28.1. The zero-order chi connectivity index (χ0) is 13.5. The second-order valence-corrected chi connectivity index (χ2v) is 6.48. The van der Waals surface area contributed by atoms with Gasteiger partial charge in [-0.25, -0.2) is 8.42 Å². The van der Waals surface area contributed by atoms with E-state index >= 15 is 0 Å². The number of aromatic nitrogens is 2. The molecule has 18 heavy (non-hydrogen) atoms. The second kappa shape index (κ2) is 4.40. The minimum atomic E-state index is -3.55. The van der Waals surface area contributed by atoms with Crippen molar-refractivity contribution in [3.63, 3.8) is 0 Å². The molecule has 2 N–H and O–H groups in total. The van der Waals surface area contributed by atoms with Crippen LogP contribution in [-0.4, -0.2) is 35.6 Å². The molecule has 0 unspecified atom stereocenters. The largest absolute Gasteiger partial charge is 0.381 e. The first-order chi connectivity index (χ1) is 8.34. The van der Waals surface area contributed by atoms with Crippen LogP contribution in [0.2, 0.25) is 0 Å². The van der Waals surface area contributed by atoms with Gasteiger partial charge in [-0.3, -0.25) is 4.68 Å². The molecule has 1 aliphatic rings. The van der Waals surface area contributed by atoms with Crippen LogP contribution in [0.5, 0.6) is 0 Å². The van der Waals surface area contributed by atoms with Crippen LogP contribution in [-0.2, 0) is 17.1 Å². The smallest absolute Gasteiger partial charge is 0.248 e. The molecule has 0 aromatic carbocycles. The van der Waals surface area contributed by atoms with Gasteiger partial charge in [0.1, 0.15) is 4.90 Å². The van der Waals surface area contributed by atoms with Gasteiger partial charge in [-0.2, -0.15) is 9.40 Å². The molecule has 0 bridgehead atoms. The lowest BCUT2D eigenvalue weighted by Gasteiger charge is -2.25. The van der Waals surface area contributed by atoms with Crippen molar-refractivity contribution in [2.45, 2.75) is 25.2 Å². The molecular weight excluding hydrogens is 252 g/mol. The summed E-state index contributed by atoms with van der Waals surface area (Å²) in [5.41, 5.74) is 7.35. The van der Waals surface area contributed by atoms with Gasteiger partial charge in [-0.1, -0.05) is 11.6 Å². The Morgan fingerprint density at radius 2 is 2.06 bits per heavy atom. The van der Waals surface area contributed by atoms with Crippen molar-refractivity contribution in [3.8, 4) is 0 Å². The van der Waals surface area contributed by atoms with Crippen molar-refractivity contribution < 1.29 is 8.42 Å². The Kier molecular flexibility index (Phi) is 3.20. The van der Waals surface area contributed by atoms with Crippen LogP contribution in [0.1, 0.15) is 19.0 Å². The summed E-state index contributed by atoms with van der Waals surface area (Å²) in [4.78, 5) is 0.139. The van der Waals surface area contributed by atoms with Gasteiger partial charge in [0.2, 0.25) is 10.0 Å². The molecule has 100 valence electrons. The Hall–Kier alpha value is -1.34. The van der Waals surface area contributed by atoms with Crippen LogP contribution in [0.3, 0.4) is 0 Å². The topological polar surface area (TPSA) is 81.2 Å². The number of rotatable bonds is 2. The first-order valence-corrected chi connectivity index (χ1v) is 7.23. The highest BCUT2D eigenvalue weighted by molar-refractivity contribution is 7.89. The van der Waals surface area contributed by atoms with Crippen molar-refractivity contribution in [1.29, 1.82) is 0 Å². The van der Waals surface area contributed by atoms with Crippen LogP contribution >= 0.6 is 0 Å². The van der Waals surface area contributed by atoms with Crippen molar-refractivity contribution in [2.75, 3.05) is 18.8 Å². The van der Waals surface area contributed by atoms with E-state index in [1.165, 1.54) is 8.99 Å². The first-order valence-electron chi connectivity index (χ1n) is 5.79. The number of sulfonamides is 1. The van der Waals surface area contributed by atoms with Gasteiger partial charge >= 0.3 is 0 Å². The van der Waals surface area contributed by atoms with Crippen molar-refractivity contribution >= 4 is 15.8 Å². The van der Waals surface area contributed by atoms with E-state index in [1.54, 1.807) is 14.0 Å². The highest BCUT2D eigenvalue weighted by atomic mass is 32.2. The van der Waals surface area contributed by atoms with E-state index in [4.69, 9.17) is 5.73 Å². The molecule has 0 amide bonds. The number of hydrogen-bond acceptors (Lipinski definition) is 4. The molecule has 0 saturated heterocycles. The minimum Gasteiger partial charge on any atom is -0.381 e. The van der Waals surface area contributed by atoms with Crippen LogP contribution in [0.4, 0.5) is 5.82 Å². The number of hydrogen-bond donors (Lipinski definition) is 1. The van der Waals surface area contributed by atoms with E-state index in [9.17, 15) is 8.42 Å². The van der Waals surface area contributed by atoms with Gasteiger partial charge in [0.05, 0.1) is 5.69 Å². The highest BCUT2D eigenvalue weighted by Crippen LogP contribution is 2.27. The van der Waals surface area contributed by atoms with E-state index in [0.717, 1.165) is 12.0 Å². The van der Waals surface area contributed by atoms with Gasteiger partial charge in [0, 0.05) is 20.1 Å². The summed E-state index contributed by atoms with van der Waals surface area (Å²) in [6.07, 6.45) is 2.80. The van der Waals surface area contributed by atoms with Crippen LogP contribution in [0, 0.1) is 6.92 Å². The summed E-state index contributed by atoms with van der Waals surface area (Å²) in [7, 11) is -1.86. The SMILES string of the molecule is CC1=CCCN(S(=O)(=O)c2c(N)nn(C)c2C)C1. The summed E-state index contributed by atoms with van der Waals surface area (Å²) in [5, 5.41) is 3.96. The molecule has 0 aliphatic carbocycles. The van der Waals surface area contributed by atoms with Crippen molar-refractivity contribution in [1.82, 2.24) is 14.1 Å². The molecule has 0 saturated carbocycles. The van der Waals surface area contributed by atoms with Crippen LogP contribution < -0.4 is 5.73 Å². The fraction of sp³-hybridized carbons (Fsp3) is 0.545. The Balaban J connectivity index is 2.46. The molecule has 0 spiro atoms. The molecule has 1 aliphatic heterocycles. The van der Waals surface area contributed by atoms with Gasteiger partial charge < -0.3 is 5.73 Å². The Bertz CT molecular complexity index is 601. The third-order valence-electron chi connectivity index (χ3n) is 3.20. The maximum atomic E-state index is 12.6. The molecule has 0 fully saturated rings. The fourth-order valence-corrected chi connectivity index (χ4v) is 3.93. The predicted molar refractivity (Wildman–Crippen MR) is 69.5 cm³/mol. The number of nitrogens with zero attached hydrogens (tertiary/aromatic N) is 3. The lowest BCUT2D eigenvalue weighted by Crippen LogP contribution is -2.35. The highest BCUT2D eigenvalue weighted by Gasteiger charge is 2.31. The lowest BCUT2D eigenvalue weighted by atomic mass is 10.2. The third kappa shape index (κ3) is 2.04. The maximum absolute atomic E-state index is 12.6. The molecule has 2 rings (SSSR count). The average molecular weight is 270 g/mol.